The largest absolute Gasteiger partial charge is 0.476 e. The molecule has 2 atom stereocenters. The Hall–Kier alpha value is -2.81. The SMILES string of the molecule is Cc1cccc([C@H]2C[C@@H]2COc2cc(N(C)c3nnc(C)s3)c(=O)n(C)n2)n1. The minimum absolute atomic E-state index is 0.212. The number of rotatable bonds is 6. The van der Waals surface area contributed by atoms with E-state index in [1.807, 2.05) is 26.0 Å². The second-order valence-corrected chi connectivity index (χ2v) is 8.24. The molecule has 3 aromatic rings. The van der Waals surface area contributed by atoms with E-state index in [0.29, 0.717) is 35.1 Å². The lowest BCUT2D eigenvalue weighted by molar-refractivity contribution is 0.278. The Kier molecular flexibility index (Phi) is 4.84. The fourth-order valence-corrected chi connectivity index (χ4v) is 3.82. The van der Waals surface area contributed by atoms with E-state index in [0.717, 1.165) is 22.8 Å². The first-order chi connectivity index (χ1) is 13.4. The van der Waals surface area contributed by atoms with Crippen molar-refractivity contribution >= 4 is 22.2 Å². The number of anilines is 2. The van der Waals surface area contributed by atoms with Crippen LogP contribution in [0.25, 0.3) is 0 Å². The summed E-state index contributed by atoms with van der Waals surface area (Å²) in [6.45, 7) is 4.43. The summed E-state index contributed by atoms with van der Waals surface area (Å²) in [6, 6.07) is 7.78. The number of hydrogen-bond donors (Lipinski definition) is 0. The van der Waals surface area contributed by atoms with Crippen LogP contribution in [0.4, 0.5) is 10.8 Å². The molecule has 4 rings (SSSR count). The summed E-state index contributed by atoms with van der Waals surface area (Å²) in [7, 11) is 3.41. The summed E-state index contributed by atoms with van der Waals surface area (Å²) in [5, 5.41) is 13.8. The maximum absolute atomic E-state index is 12.5. The van der Waals surface area contributed by atoms with Crippen molar-refractivity contribution in [3.05, 3.63) is 51.0 Å². The molecular weight excluding hydrogens is 376 g/mol. The van der Waals surface area contributed by atoms with Crippen molar-refractivity contribution in [2.24, 2.45) is 13.0 Å². The highest BCUT2D eigenvalue weighted by molar-refractivity contribution is 7.15. The van der Waals surface area contributed by atoms with Gasteiger partial charge in [-0.05, 0) is 32.4 Å². The average Bonchev–Trinajstić information content (AvgIpc) is 3.33. The molecule has 1 fully saturated rings. The number of ether oxygens (including phenoxy) is 1. The molecule has 1 saturated carbocycles. The third kappa shape index (κ3) is 3.75. The van der Waals surface area contributed by atoms with Gasteiger partial charge < -0.3 is 9.64 Å². The van der Waals surface area contributed by atoms with E-state index in [4.69, 9.17) is 4.74 Å². The minimum atomic E-state index is -0.212. The summed E-state index contributed by atoms with van der Waals surface area (Å²) in [6.07, 6.45) is 1.05. The van der Waals surface area contributed by atoms with Crippen LogP contribution in [0.2, 0.25) is 0 Å². The lowest BCUT2D eigenvalue weighted by Gasteiger charge is -2.16. The van der Waals surface area contributed by atoms with E-state index in [9.17, 15) is 4.79 Å². The van der Waals surface area contributed by atoms with E-state index >= 15 is 0 Å². The van der Waals surface area contributed by atoms with E-state index in [-0.39, 0.29) is 5.56 Å². The molecule has 8 nitrogen and oxygen atoms in total. The minimum Gasteiger partial charge on any atom is -0.476 e. The molecule has 0 saturated heterocycles. The van der Waals surface area contributed by atoms with Gasteiger partial charge in [-0.1, -0.05) is 17.4 Å². The van der Waals surface area contributed by atoms with Gasteiger partial charge in [0.05, 0.1) is 6.61 Å². The quantitative estimate of drug-likeness (QED) is 0.631. The van der Waals surface area contributed by atoms with Gasteiger partial charge in [0, 0.05) is 43.4 Å². The molecule has 0 radical (unpaired) electrons. The third-order valence-electron chi connectivity index (χ3n) is 4.84. The lowest BCUT2D eigenvalue weighted by atomic mass is 10.2. The van der Waals surface area contributed by atoms with E-state index in [1.54, 1.807) is 25.1 Å². The van der Waals surface area contributed by atoms with Crippen molar-refractivity contribution in [3.8, 4) is 5.88 Å². The molecule has 9 heteroatoms. The molecule has 3 heterocycles. The van der Waals surface area contributed by atoms with Crippen LogP contribution < -0.4 is 15.2 Å². The third-order valence-corrected chi connectivity index (χ3v) is 5.76. The highest BCUT2D eigenvalue weighted by atomic mass is 32.1. The average molecular weight is 398 g/mol. The van der Waals surface area contributed by atoms with Crippen LogP contribution in [0.1, 0.15) is 28.7 Å². The van der Waals surface area contributed by atoms with Gasteiger partial charge in [-0.2, -0.15) is 0 Å². The second-order valence-electron chi connectivity index (χ2n) is 7.08. The maximum atomic E-state index is 12.5. The number of hydrogen-bond acceptors (Lipinski definition) is 8. The molecule has 0 N–H and O–H groups in total. The predicted molar refractivity (Wildman–Crippen MR) is 108 cm³/mol. The predicted octanol–water partition coefficient (Wildman–Crippen LogP) is 2.59. The van der Waals surface area contributed by atoms with Gasteiger partial charge in [-0.3, -0.25) is 9.78 Å². The van der Waals surface area contributed by atoms with Gasteiger partial charge >= 0.3 is 0 Å². The molecule has 0 amide bonds. The molecule has 1 aliphatic carbocycles. The fraction of sp³-hybridized carbons (Fsp3) is 0.421. The fourth-order valence-electron chi connectivity index (χ4n) is 3.16. The Bertz CT molecular complexity index is 1060. The molecule has 3 aromatic heterocycles. The van der Waals surface area contributed by atoms with Crippen molar-refractivity contribution in [2.45, 2.75) is 26.2 Å². The van der Waals surface area contributed by atoms with Crippen molar-refractivity contribution in [2.75, 3.05) is 18.6 Å². The van der Waals surface area contributed by atoms with Gasteiger partial charge in [-0.25, -0.2) is 4.68 Å². The Morgan fingerprint density at radius 1 is 1.32 bits per heavy atom. The lowest BCUT2D eigenvalue weighted by Crippen LogP contribution is -2.27. The molecule has 28 heavy (non-hydrogen) atoms. The number of aryl methyl sites for hydroxylation is 3. The van der Waals surface area contributed by atoms with E-state index in [1.165, 1.54) is 16.0 Å². The van der Waals surface area contributed by atoms with Crippen LogP contribution in [0.3, 0.4) is 0 Å². The molecular formula is C19H22N6O2S. The van der Waals surface area contributed by atoms with Crippen molar-refractivity contribution in [1.29, 1.82) is 0 Å². The van der Waals surface area contributed by atoms with E-state index < -0.39 is 0 Å². The van der Waals surface area contributed by atoms with Gasteiger partial charge in [0.25, 0.3) is 5.56 Å². The smallest absolute Gasteiger partial charge is 0.290 e. The van der Waals surface area contributed by atoms with Gasteiger partial charge in [0.2, 0.25) is 11.0 Å². The Balaban J connectivity index is 1.47. The maximum Gasteiger partial charge on any atom is 0.290 e. The zero-order chi connectivity index (χ0) is 19.8. The highest BCUT2D eigenvalue weighted by Gasteiger charge is 2.40. The van der Waals surface area contributed by atoms with E-state index in [2.05, 4.69) is 26.3 Å². The molecule has 0 spiro atoms. The van der Waals surface area contributed by atoms with Crippen LogP contribution in [0, 0.1) is 19.8 Å². The Labute approximate surface area is 166 Å². The number of nitrogens with zero attached hydrogens (tertiary/aromatic N) is 6. The standard InChI is InChI=1S/C19H22N6O2S/c1-11-6-5-7-15(20-11)14-8-13(14)10-27-17-9-16(18(26)25(4)23-17)24(3)19-22-21-12(2)28-19/h5-7,9,13-14H,8,10H2,1-4H3/t13-,14+/m1/s1. The van der Waals surface area contributed by atoms with Crippen LogP contribution in [0.5, 0.6) is 5.88 Å². The Morgan fingerprint density at radius 2 is 2.14 bits per heavy atom. The first kappa shape index (κ1) is 18.5. The van der Waals surface area contributed by atoms with Crippen molar-refractivity contribution < 1.29 is 4.74 Å². The first-order valence-corrected chi connectivity index (χ1v) is 9.92. The Morgan fingerprint density at radius 3 is 2.86 bits per heavy atom. The molecule has 1 aliphatic rings. The first-order valence-electron chi connectivity index (χ1n) is 9.11. The molecule has 0 bridgehead atoms. The van der Waals surface area contributed by atoms with Crippen molar-refractivity contribution in [1.82, 2.24) is 25.0 Å². The molecule has 0 aliphatic heterocycles. The summed E-state index contributed by atoms with van der Waals surface area (Å²) < 4.78 is 7.21. The zero-order valence-corrected chi connectivity index (χ0v) is 17.1. The normalized spacial score (nSPS) is 18.1. The zero-order valence-electron chi connectivity index (χ0n) is 16.3. The summed E-state index contributed by atoms with van der Waals surface area (Å²) in [5.41, 5.74) is 2.39. The molecule has 146 valence electrons. The number of pyridine rings is 1. The second kappa shape index (κ2) is 7.31. The van der Waals surface area contributed by atoms with Crippen LogP contribution in [0.15, 0.2) is 29.1 Å². The van der Waals surface area contributed by atoms with Crippen LogP contribution in [-0.4, -0.2) is 38.6 Å². The summed E-state index contributed by atoms with van der Waals surface area (Å²) in [5.74, 6) is 1.27. The monoisotopic (exact) mass is 398 g/mol. The summed E-state index contributed by atoms with van der Waals surface area (Å²) >= 11 is 1.43. The topological polar surface area (TPSA) is 86.0 Å². The van der Waals surface area contributed by atoms with Gasteiger partial charge in [-0.15, -0.1) is 15.3 Å². The number of aromatic nitrogens is 5. The van der Waals surface area contributed by atoms with Crippen LogP contribution >= 0.6 is 11.3 Å². The van der Waals surface area contributed by atoms with Gasteiger partial charge in [0.15, 0.2) is 0 Å². The molecule has 0 unspecified atom stereocenters. The highest BCUT2D eigenvalue weighted by Crippen LogP contribution is 2.46. The van der Waals surface area contributed by atoms with Crippen molar-refractivity contribution in [3.63, 3.8) is 0 Å². The summed E-state index contributed by atoms with van der Waals surface area (Å²) in [4.78, 5) is 18.8. The molecule has 0 aromatic carbocycles. The van der Waals surface area contributed by atoms with Gasteiger partial charge in [0.1, 0.15) is 10.7 Å². The van der Waals surface area contributed by atoms with Crippen LogP contribution in [-0.2, 0) is 7.05 Å².